The lowest BCUT2D eigenvalue weighted by molar-refractivity contribution is 0.0583. The van der Waals surface area contributed by atoms with Crippen LogP contribution in [-0.4, -0.2) is 18.0 Å². The summed E-state index contributed by atoms with van der Waals surface area (Å²) in [6.45, 7) is 4.54. The molecule has 0 aliphatic carbocycles. The molecule has 2 aromatic carbocycles. The zero-order valence-electron chi connectivity index (χ0n) is 12.6. The number of hydrogen-bond donors (Lipinski definition) is 0. The van der Waals surface area contributed by atoms with Gasteiger partial charge in [0.2, 0.25) is 0 Å². The molecule has 1 nitrogen and oxygen atoms in total. The molecule has 0 amide bonds. The molecule has 0 N–H and O–H groups in total. The van der Waals surface area contributed by atoms with Crippen molar-refractivity contribution in [1.82, 2.24) is 0 Å². The van der Waals surface area contributed by atoms with Crippen molar-refractivity contribution >= 4 is 21.6 Å². The lowest BCUT2D eigenvalue weighted by Crippen LogP contribution is -2.44. The van der Waals surface area contributed by atoms with Gasteiger partial charge in [-0.1, -0.05) is 82.3 Å². The van der Waals surface area contributed by atoms with Gasteiger partial charge in [0, 0.05) is 11.9 Å². The van der Waals surface area contributed by atoms with E-state index in [4.69, 9.17) is 4.74 Å². The van der Waals surface area contributed by atoms with Crippen molar-refractivity contribution < 1.29 is 4.74 Å². The number of hydrogen-bond acceptors (Lipinski definition) is 3. The van der Waals surface area contributed by atoms with E-state index in [0.717, 1.165) is 0 Å². The Morgan fingerprint density at radius 2 is 1.29 bits per heavy atom. The highest BCUT2D eigenvalue weighted by molar-refractivity contribution is 8.78. The van der Waals surface area contributed by atoms with Crippen molar-refractivity contribution in [3.63, 3.8) is 0 Å². The lowest BCUT2D eigenvalue weighted by Gasteiger charge is -2.37. The zero-order valence-corrected chi connectivity index (χ0v) is 14.2. The average Bonchev–Trinajstić information content (AvgIpc) is 2.81. The molecular formula is C18H20OS2. The molecule has 1 unspecified atom stereocenters. The molecule has 21 heavy (non-hydrogen) atoms. The summed E-state index contributed by atoms with van der Waals surface area (Å²) < 4.78 is 5.91. The van der Waals surface area contributed by atoms with E-state index in [1.165, 1.54) is 11.1 Å². The summed E-state index contributed by atoms with van der Waals surface area (Å²) in [5, 5.41) is 0. The van der Waals surface area contributed by atoms with Crippen LogP contribution < -0.4 is 0 Å². The Bertz CT molecular complexity index is 556. The second kappa shape index (κ2) is 5.71. The predicted octanol–water partition coefficient (Wildman–Crippen LogP) is 5.12. The Kier molecular flexibility index (Phi) is 4.08. The van der Waals surface area contributed by atoms with Crippen LogP contribution in [0.1, 0.15) is 25.0 Å². The average molecular weight is 316 g/mol. The van der Waals surface area contributed by atoms with Crippen LogP contribution in [0.4, 0.5) is 0 Å². The first-order chi connectivity index (χ1) is 10.1. The Morgan fingerprint density at radius 3 is 1.71 bits per heavy atom. The summed E-state index contributed by atoms with van der Waals surface area (Å²) in [6.07, 6.45) is 0.116. The molecule has 3 rings (SSSR count). The van der Waals surface area contributed by atoms with Gasteiger partial charge in [0.1, 0.15) is 4.75 Å². The predicted molar refractivity (Wildman–Crippen MR) is 93.7 cm³/mol. The quantitative estimate of drug-likeness (QED) is 0.727. The fraction of sp³-hybridized carbons (Fsp3) is 0.333. The smallest absolute Gasteiger partial charge is 0.104 e. The first-order valence-corrected chi connectivity index (χ1v) is 9.27. The van der Waals surface area contributed by atoms with E-state index in [1.807, 2.05) is 28.7 Å². The number of rotatable bonds is 3. The molecule has 0 aromatic heterocycles. The summed E-state index contributed by atoms with van der Waals surface area (Å²) in [5.74, 6) is 0. The van der Waals surface area contributed by atoms with E-state index in [2.05, 4.69) is 74.5 Å². The number of methoxy groups -OCH3 is 1. The molecule has 0 spiro atoms. The normalized spacial score (nSPS) is 23.1. The van der Waals surface area contributed by atoms with Gasteiger partial charge in [0.25, 0.3) is 0 Å². The summed E-state index contributed by atoms with van der Waals surface area (Å²) in [5.41, 5.74) is 2.62. The second-order valence-corrected chi connectivity index (χ2v) is 8.88. The lowest BCUT2D eigenvalue weighted by atomic mass is 9.80. The molecule has 2 aromatic rings. The molecule has 1 aliphatic heterocycles. The van der Waals surface area contributed by atoms with Gasteiger partial charge in [-0.15, -0.1) is 0 Å². The van der Waals surface area contributed by atoms with Crippen molar-refractivity contribution in [2.45, 2.75) is 29.4 Å². The highest BCUT2D eigenvalue weighted by Gasteiger charge is 2.56. The van der Waals surface area contributed by atoms with Gasteiger partial charge in [-0.2, -0.15) is 0 Å². The van der Waals surface area contributed by atoms with Gasteiger partial charge in [-0.05, 0) is 25.0 Å². The van der Waals surface area contributed by atoms with Crippen LogP contribution in [-0.2, 0) is 9.48 Å². The van der Waals surface area contributed by atoms with Crippen LogP contribution in [0.2, 0.25) is 0 Å². The van der Waals surface area contributed by atoms with Crippen LogP contribution in [0.25, 0.3) is 0 Å². The fourth-order valence-corrected chi connectivity index (χ4v) is 7.00. The molecule has 0 radical (unpaired) electrons. The molecule has 1 saturated heterocycles. The molecule has 110 valence electrons. The monoisotopic (exact) mass is 316 g/mol. The third-order valence-electron chi connectivity index (χ3n) is 4.03. The topological polar surface area (TPSA) is 9.23 Å². The molecule has 0 saturated carbocycles. The van der Waals surface area contributed by atoms with Crippen molar-refractivity contribution in [2.24, 2.45) is 0 Å². The van der Waals surface area contributed by atoms with Gasteiger partial charge in [0.05, 0.1) is 6.10 Å². The van der Waals surface area contributed by atoms with Crippen LogP contribution in [0.3, 0.4) is 0 Å². The maximum atomic E-state index is 6.01. The molecule has 1 heterocycles. The minimum absolute atomic E-state index is 0.0606. The highest BCUT2D eigenvalue weighted by Crippen LogP contribution is 2.65. The van der Waals surface area contributed by atoms with Crippen LogP contribution in [0.15, 0.2) is 60.7 Å². The molecule has 1 fully saturated rings. The fourth-order valence-electron chi connectivity index (χ4n) is 3.14. The Hall–Kier alpha value is -0.900. The molecule has 3 heteroatoms. The Morgan fingerprint density at radius 1 is 0.810 bits per heavy atom. The summed E-state index contributed by atoms with van der Waals surface area (Å²) in [4.78, 5) is 0. The van der Waals surface area contributed by atoms with Crippen molar-refractivity contribution in [1.29, 1.82) is 0 Å². The highest BCUT2D eigenvalue weighted by atomic mass is 33.1. The van der Waals surface area contributed by atoms with E-state index in [-0.39, 0.29) is 15.6 Å². The maximum Gasteiger partial charge on any atom is 0.104 e. The molecule has 0 bridgehead atoms. The van der Waals surface area contributed by atoms with E-state index in [9.17, 15) is 0 Å². The first-order valence-electron chi connectivity index (χ1n) is 7.12. The first kappa shape index (κ1) is 15.0. The summed E-state index contributed by atoms with van der Waals surface area (Å²) >= 11 is 0. The van der Waals surface area contributed by atoms with E-state index in [1.54, 1.807) is 0 Å². The minimum Gasteiger partial charge on any atom is -0.378 e. The van der Waals surface area contributed by atoms with Crippen molar-refractivity contribution in [3.8, 4) is 0 Å². The number of ether oxygens (including phenoxy) is 1. The van der Waals surface area contributed by atoms with Gasteiger partial charge in [-0.3, -0.25) is 0 Å². The third kappa shape index (κ3) is 2.41. The molecular weight excluding hydrogens is 296 g/mol. The van der Waals surface area contributed by atoms with Gasteiger partial charge in [-0.25, -0.2) is 0 Å². The Labute approximate surface area is 134 Å². The largest absolute Gasteiger partial charge is 0.378 e. The van der Waals surface area contributed by atoms with E-state index < -0.39 is 0 Å². The van der Waals surface area contributed by atoms with Crippen molar-refractivity contribution in [2.75, 3.05) is 7.11 Å². The van der Waals surface area contributed by atoms with Crippen molar-refractivity contribution in [3.05, 3.63) is 71.8 Å². The van der Waals surface area contributed by atoms with Crippen LogP contribution in [0.5, 0.6) is 0 Å². The third-order valence-corrected chi connectivity index (χ3v) is 8.03. The van der Waals surface area contributed by atoms with Gasteiger partial charge in [0.15, 0.2) is 0 Å². The van der Waals surface area contributed by atoms with Gasteiger partial charge >= 0.3 is 0 Å². The van der Waals surface area contributed by atoms with Crippen LogP contribution >= 0.6 is 21.6 Å². The van der Waals surface area contributed by atoms with E-state index >= 15 is 0 Å². The summed E-state index contributed by atoms with van der Waals surface area (Å²) in [7, 11) is 5.68. The maximum absolute atomic E-state index is 6.01. The standard InChI is InChI=1S/C18H20OS2/c1-17(2)16(19-3)18(21-20-17,14-10-6-4-7-11-14)15-12-8-5-9-13-15/h4-13,16H,1-3H3. The van der Waals surface area contributed by atoms with Gasteiger partial charge < -0.3 is 4.74 Å². The minimum atomic E-state index is -0.161. The second-order valence-electron chi connectivity index (χ2n) is 5.85. The summed E-state index contributed by atoms with van der Waals surface area (Å²) in [6, 6.07) is 21.5. The Balaban J connectivity index is 2.22. The molecule has 1 atom stereocenters. The zero-order chi connectivity index (χ0) is 14.9. The SMILES string of the molecule is COC1C(C)(C)SSC1(c1ccccc1)c1ccccc1. The number of benzene rings is 2. The molecule has 1 aliphatic rings. The van der Waals surface area contributed by atoms with E-state index in [0.29, 0.717) is 0 Å². The van der Waals surface area contributed by atoms with Crippen LogP contribution in [0, 0.1) is 0 Å².